The fourth-order valence-electron chi connectivity index (χ4n) is 4.72. The van der Waals surface area contributed by atoms with Crippen LogP contribution < -0.4 is 10.5 Å². The van der Waals surface area contributed by atoms with Gasteiger partial charge in [0.05, 0.1) is 51.0 Å². The summed E-state index contributed by atoms with van der Waals surface area (Å²) in [5.41, 5.74) is 9.57. The summed E-state index contributed by atoms with van der Waals surface area (Å²) in [5, 5.41) is 9.52. The number of halogens is 3. The third kappa shape index (κ3) is 4.19. The summed E-state index contributed by atoms with van der Waals surface area (Å²) < 4.78 is 33.5. The molecule has 12 heteroatoms. The largest absolute Gasteiger partial charge is 0.491 e. The van der Waals surface area contributed by atoms with Gasteiger partial charge in [0.25, 0.3) is 5.91 Å². The van der Waals surface area contributed by atoms with E-state index in [0.717, 1.165) is 11.1 Å². The Balaban J connectivity index is 1.28. The number of aromatic nitrogens is 5. The van der Waals surface area contributed by atoms with E-state index >= 15 is 0 Å². The number of likely N-dealkylation sites (N-methyl/N-ethyl adjacent to an activating group) is 1. The molecule has 0 saturated heterocycles. The molecule has 9 nitrogen and oxygen atoms in total. The predicted octanol–water partition coefficient (Wildman–Crippen LogP) is 4.55. The number of hydrogen-bond donors (Lipinski definition) is 1. The van der Waals surface area contributed by atoms with Crippen LogP contribution in [0.2, 0.25) is 5.02 Å². The van der Waals surface area contributed by atoms with E-state index in [1.54, 1.807) is 54.1 Å². The fourth-order valence-corrected chi connectivity index (χ4v) is 4.96. The van der Waals surface area contributed by atoms with Crippen molar-refractivity contribution in [2.24, 2.45) is 7.05 Å². The SMILES string of the molecule is CN(C(=O)c1cc2c(cc1Cl)nc(N)c1cnn(C)c12)[C@@H]1COc2cc(C#Cc3cnn(C(F)F)c3)ccc21. The summed E-state index contributed by atoms with van der Waals surface area (Å²) in [5.74, 6) is 6.40. The Bertz CT molecular complexity index is 1850. The van der Waals surface area contributed by atoms with Gasteiger partial charge in [0.1, 0.15) is 18.2 Å². The van der Waals surface area contributed by atoms with Gasteiger partial charge in [-0.15, -0.1) is 0 Å². The summed E-state index contributed by atoms with van der Waals surface area (Å²) in [7, 11) is 3.49. The second-order valence-corrected chi connectivity index (χ2v) is 9.52. The van der Waals surface area contributed by atoms with Crippen molar-refractivity contribution in [1.82, 2.24) is 29.4 Å². The lowest BCUT2D eigenvalue weighted by Crippen LogP contribution is -2.32. The van der Waals surface area contributed by atoms with Crippen LogP contribution in [0.4, 0.5) is 14.6 Å². The third-order valence-corrected chi connectivity index (χ3v) is 7.05. The zero-order valence-electron chi connectivity index (χ0n) is 20.7. The number of carbonyl (C=O) groups is 1. The molecule has 1 aliphatic rings. The molecule has 0 bridgehead atoms. The summed E-state index contributed by atoms with van der Waals surface area (Å²) in [6.07, 6.45) is 4.10. The molecule has 0 aliphatic carbocycles. The Hall–Kier alpha value is -4.69. The van der Waals surface area contributed by atoms with Crippen molar-refractivity contribution in [2.75, 3.05) is 19.4 Å². The molecule has 0 unspecified atom stereocenters. The van der Waals surface area contributed by atoms with Gasteiger partial charge in [-0.05, 0) is 24.3 Å². The van der Waals surface area contributed by atoms with Crippen LogP contribution in [0.25, 0.3) is 21.8 Å². The molecule has 1 amide bonds. The average Bonchev–Trinajstić information content (AvgIpc) is 3.65. The van der Waals surface area contributed by atoms with Crippen molar-refractivity contribution in [3.05, 3.63) is 76.2 Å². The van der Waals surface area contributed by atoms with Crippen molar-refractivity contribution >= 4 is 45.1 Å². The topological polar surface area (TPSA) is 104 Å². The number of anilines is 1. The Morgan fingerprint density at radius 1 is 1.18 bits per heavy atom. The maximum absolute atomic E-state index is 13.6. The Labute approximate surface area is 225 Å². The molecule has 39 heavy (non-hydrogen) atoms. The number of carbonyl (C=O) groups excluding carboxylic acids is 1. The quantitative estimate of drug-likeness (QED) is 0.332. The van der Waals surface area contributed by atoms with Gasteiger partial charge in [0.2, 0.25) is 0 Å². The van der Waals surface area contributed by atoms with E-state index in [9.17, 15) is 13.6 Å². The van der Waals surface area contributed by atoms with E-state index in [1.807, 2.05) is 6.07 Å². The van der Waals surface area contributed by atoms with E-state index in [0.29, 0.717) is 49.2 Å². The zero-order valence-corrected chi connectivity index (χ0v) is 21.4. The number of nitrogen functional groups attached to an aromatic ring is 1. The number of pyridine rings is 1. The second-order valence-electron chi connectivity index (χ2n) is 9.11. The smallest absolute Gasteiger partial charge is 0.333 e. The van der Waals surface area contributed by atoms with Crippen molar-refractivity contribution in [1.29, 1.82) is 0 Å². The molecule has 0 spiro atoms. The lowest BCUT2D eigenvalue weighted by molar-refractivity contribution is 0.0565. The summed E-state index contributed by atoms with van der Waals surface area (Å²) in [6, 6.07) is 8.40. The van der Waals surface area contributed by atoms with Crippen molar-refractivity contribution < 1.29 is 18.3 Å². The lowest BCUT2D eigenvalue weighted by atomic mass is 10.0. The van der Waals surface area contributed by atoms with E-state index in [1.165, 1.54) is 12.4 Å². The van der Waals surface area contributed by atoms with E-state index in [4.69, 9.17) is 22.1 Å². The van der Waals surface area contributed by atoms with Crippen molar-refractivity contribution in [3.63, 3.8) is 0 Å². The van der Waals surface area contributed by atoms with Crippen LogP contribution in [0.1, 0.15) is 39.6 Å². The van der Waals surface area contributed by atoms with Crippen LogP contribution in [0, 0.1) is 11.8 Å². The molecule has 2 aromatic carbocycles. The maximum atomic E-state index is 13.6. The third-order valence-electron chi connectivity index (χ3n) is 6.74. The highest BCUT2D eigenvalue weighted by atomic mass is 35.5. The minimum absolute atomic E-state index is 0.255. The van der Waals surface area contributed by atoms with Crippen LogP contribution in [-0.2, 0) is 7.05 Å². The first-order valence-electron chi connectivity index (χ1n) is 11.8. The minimum atomic E-state index is -2.72. The van der Waals surface area contributed by atoms with Gasteiger partial charge in [-0.25, -0.2) is 9.67 Å². The number of rotatable bonds is 3. The molecule has 4 heterocycles. The van der Waals surface area contributed by atoms with Gasteiger partial charge < -0.3 is 15.4 Å². The molecule has 2 N–H and O–H groups in total. The lowest BCUT2D eigenvalue weighted by Gasteiger charge is -2.24. The van der Waals surface area contributed by atoms with Gasteiger partial charge in [0.15, 0.2) is 0 Å². The fraction of sp³-hybridized carbons (Fsp3) is 0.185. The average molecular weight is 548 g/mol. The normalized spacial score (nSPS) is 14.4. The van der Waals surface area contributed by atoms with Gasteiger partial charge in [0, 0.05) is 36.8 Å². The molecule has 196 valence electrons. The number of ether oxygens (including phenoxy) is 1. The molecule has 1 atom stereocenters. The van der Waals surface area contributed by atoms with Crippen LogP contribution >= 0.6 is 11.6 Å². The minimum Gasteiger partial charge on any atom is -0.491 e. The number of amides is 1. The molecule has 1 aliphatic heterocycles. The van der Waals surface area contributed by atoms with Gasteiger partial charge in [-0.1, -0.05) is 29.5 Å². The highest BCUT2D eigenvalue weighted by Crippen LogP contribution is 2.38. The predicted molar refractivity (Wildman–Crippen MR) is 142 cm³/mol. The number of fused-ring (bicyclic) bond motifs is 4. The monoisotopic (exact) mass is 547 g/mol. The Morgan fingerprint density at radius 2 is 1.97 bits per heavy atom. The maximum Gasteiger partial charge on any atom is 0.333 e. The van der Waals surface area contributed by atoms with E-state index in [-0.39, 0.29) is 23.6 Å². The van der Waals surface area contributed by atoms with E-state index < -0.39 is 6.55 Å². The first kappa shape index (κ1) is 24.6. The Morgan fingerprint density at radius 3 is 2.74 bits per heavy atom. The molecule has 5 aromatic rings. The number of alkyl halides is 2. The van der Waals surface area contributed by atoms with E-state index in [2.05, 4.69) is 27.0 Å². The molecule has 6 rings (SSSR count). The van der Waals surface area contributed by atoms with Crippen molar-refractivity contribution in [3.8, 4) is 17.6 Å². The first-order valence-corrected chi connectivity index (χ1v) is 12.2. The first-order chi connectivity index (χ1) is 18.7. The molecule has 0 fully saturated rings. The molecule has 0 saturated carbocycles. The van der Waals surface area contributed by atoms with Crippen LogP contribution in [0.5, 0.6) is 5.75 Å². The van der Waals surface area contributed by atoms with Crippen LogP contribution in [-0.4, -0.2) is 49.0 Å². The van der Waals surface area contributed by atoms with Gasteiger partial charge in [-0.2, -0.15) is 19.0 Å². The molecular weight excluding hydrogens is 528 g/mol. The summed E-state index contributed by atoms with van der Waals surface area (Å²) in [6.45, 7) is -2.47. The highest BCUT2D eigenvalue weighted by Gasteiger charge is 2.32. The van der Waals surface area contributed by atoms with Gasteiger partial charge in [-0.3, -0.25) is 9.48 Å². The number of aryl methyl sites for hydroxylation is 1. The second kappa shape index (κ2) is 9.25. The Kier molecular flexibility index (Phi) is 5.84. The molecular formula is C27H20ClF2N7O2. The van der Waals surface area contributed by atoms with Gasteiger partial charge >= 0.3 is 6.55 Å². The number of nitrogens with two attached hydrogens (primary N) is 1. The number of nitrogens with zero attached hydrogens (tertiary/aromatic N) is 6. The zero-order chi connectivity index (χ0) is 27.4. The van der Waals surface area contributed by atoms with Crippen molar-refractivity contribution in [2.45, 2.75) is 12.6 Å². The number of hydrogen-bond acceptors (Lipinski definition) is 6. The summed E-state index contributed by atoms with van der Waals surface area (Å²) >= 11 is 6.55. The van der Waals surface area contributed by atoms with Crippen LogP contribution in [0.3, 0.4) is 0 Å². The van der Waals surface area contributed by atoms with Crippen LogP contribution in [0.15, 0.2) is 48.9 Å². The molecule has 3 aromatic heterocycles. The standard InChI is InChI=1S/C27H20ClF2N7O2/c1-35(26(38)17-8-18-21(9-20(17)28)34-25(31)19-11-32-36(2)24(18)19)22-13-39-23-7-14(5-6-16(22)23)3-4-15-10-33-37(12-15)27(29)30/h5-12,22,27H,13H2,1-2H3,(H2,31,34)/t22-/m1/s1. The summed E-state index contributed by atoms with van der Waals surface area (Å²) in [4.78, 5) is 19.7. The highest BCUT2D eigenvalue weighted by molar-refractivity contribution is 6.35. The number of benzene rings is 2. The molecule has 0 radical (unpaired) electrons.